The molecule has 2 saturated heterocycles. The van der Waals surface area contributed by atoms with E-state index >= 15 is 0 Å². The standard InChI is InChI=1S/C22H43N5O13/c23-2-1-8(29)20(36)27-7-3-6(25)18(39-22-16(34)15(33)13(31)9(4-24)37-22)17(35)19(7)40-21-14(32)11(26)12(30)10(5-28)38-21/h6-19,21-22,28-35H,1-5,23-26H2,(H,27,36)/t6-,7?,8-,9+,10+,11-,12+,13+,14+,15?,16+,17-,18+,19-,21+,22+/m0/s1. The van der Waals surface area contributed by atoms with Crippen molar-refractivity contribution in [3.63, 3.8) is 0 Å². The number of hydrogen-bond donors (Lipinski definition) is 13. The lowest BCUT2D eigenvalue weighted by Gasteiger charge is -2.49. The Labute approximate surface area is 229 Å². The highest BCUT2D eigenvalue weighted by Gasteiger charge is 2.52. The number of nitrogens with one attached hydrogen (secondary N) is 1. The summed E-state index contributed by atoms with van der Waals surface area (Å²) in [7, 11) is 0. The van der Waals surface area contributed by atoms with E-state index < -0.39 is 110 Å². The molecule has 3 rings (SSSR count). The van der Waals surface area contributed by atoms with E-state index in [1.807, 2.05) is 0 Å². The molecule has 0 aromatic rings. The van der Waals surface area contributed by atoms with Crippen molar-refractivity contribution in [3.05, 3.63) is 0 Å². The van der Waals surface area contributed by atoms with Gasteiger partial charge in [-0.15, -0.1) is 0 Å². The molecule has 18 heteroatoms. The van der Waals surface area contributed by atoms with Crippen LogP contribution in [0.4, 0.5) is 0 Å². The van der Waals surface area contributed by atoms with Gasteiger partial charge < -0.3 is 88.1 Å². The Balaban J connectivity index is 1.85. The number of ether oxygens (including phenoxy) is 4. The Bertz CT molecular complexity index is 815. The molecule has 0 bridgehead atoms. The van der Waals surface area contributed by atoms with Gasteiger partial charge in [-0.3, -0.25) is 4.79 Å². The van der Waals surface area contributed by atoms with Crippen molar-refractivity contribution in [2.75, 3.05) is 19.7 Å². The fourth-order valence-corrected chi connectivity index (χ4v) is 5.07. The van der Waals surface area contributed by atoms with Crippen molar-refractivity contribution < 1.29 is 64.6 Å². The minimum Gasteiger partial charge on any atom is -0.394 e. The normalized spacial score (nSPS) is 47.0. The second-order valence-corrected chi connectivity index (χ2v) is 10.3. The van der Waals surface area contributed by atoms with E-state index in [-0.39, 0.29) is 25.9 Å². The molecule has 2 heterocycles. The van der Waals surface area contributed by atoms with Gasteiger partial charge in [-0.2, -0.15) is 0 Å². The average Bonchev–Trinajstić information content (AvgIpc) is 2.92. The van der Waals surface area contributed by atoms with Crippen LogP contribution in [0.1, 0.15) is 12.8 Å². The maximum absolute atomic E-state index is 12.6. The van der Waals surface area contributed by atoms with Crippen LogP contribution in [0.5, 0.6) is 0 Å². The summed E-state index contributed by atoms with van der Waals surface area (Å²) in [6, 6.07) is -3.45. The van der Waals surface area contributed by atoms with Gasteiger partial charge in [-0.05, 0) is 19.4 Å². The average molecular weight is 586 g/mol. The molecule has 1 saturated carbocycles. The van der Waals surface area contributed by atoms with Crippen molar-refractivity contribution in [2.24, 2.45) is 22.9 Å². The van der Waals surface area contributed by atoms with E-state index in [0.29, 0.717) is 0 Å². The van der Waals surface area contributed by atoms with Gasteiger partial charge in [0.15, 0.2) is 12.6 Å². The van der Waals surface area contributed by atoms with E-state index in [4.69, 9.17) is 41.9 Å². The SMILES string of the molecule is NCC[C@H](O)C(=O)NC1C[C@H](N)[C@@H](O[C@H]2O[C@H](CN)[C@@H](O)C(O)[C@H]2O)[C@H](O)[C@H]1O[C@H]1O[C@H](CO)[C@@H](O)[C@H](N)[C@H]1O. The molecule has 0 spiro atoms. The van der Waals surface area contributed by atoms with Crippen LogP contribution in [0.3, 0.4) is 0 Å². The summed E-state index contributed by atoms with van der Waals surface area (Å²) in [6.45, 7) is -0.898. The van der Waals surface area contributed by atoms with Crippen LogP contribution in [0.2, 0.25) is 0 Å². The van der Waals surface area contributed by atoms with Gasteiger partial charge >= 0.3 is 0 Å². The number of hydrogen-bond acceptors (Lipinski definition) is 17. The molecule has 16 atom stereocenters. The fraction of sp³-hybridized carbons (Fsp3) is 0.955. The summed E-state index contributed by atoms with van der Waals surface area (Å²) in [5, 5.41) is 84.9. The third-order valence-corrected chi connectivity index (χ3v) is 7.51. The van der Waals surface area contributed by atoms with Gasteiger partial charge in [0.1, 0.15) is 67.1 Å². The lowest BCUT2D eigenvalue weighted by Crippen LogP contribution is -2.69. The molecule has 2 aliphatic heterocycles. The molecule has 3 aliphatic rings. The van der Waals surface area contributed by atoms with Gasteiger partial charge in [0, 0.05) is 12.6 Å². The number of nitrogens with two attached hydrogens (primary N) is 4. The van der Waals surface area contributed by atoms with Gasteiger partial charge in [0.05, 0.1) is 18.7 Å². The molecule has 0 aromatic heterocycles. The molecule has 0 radical (unpaired) electrons. The largest absolute Gasteiger partial charge is 0.394 e. The van der Waals surface area contributed by atoms with E-state index in [0.717, 1.165) is 0 Å². The fourth-order valence-electron chi connectivity index (χ4n) is 5.07. The van der Waals surface area contributed by atoms with E-state index in [9.17, 15) is 45.6 Å². The van der Waals surface area contributed by atoms with Crippen LogP contribution in [-0.2, 0) is 23.7 Å². The van der Waals surface area contributed by atoms with Gasteiger partial charge in [-0.1, -0.05) is 0 Å². The first-order valence-corrected chi connectivity index (χ1v) is 13.1. The first-order valence-electron chi connectivity index (χ1n) is 13.1. The molecule has 1 amide bonds. The van der Waals surface area contributed by atoms with Gasteiger partial charge in [0.2, 0.25) is 5.91 Å². The van der Waals surface area contributed by atoms with E-state index in [2.05, 4.69) is 5.32 Å². The molecule has 18 nitrogen and oxygen atoms in total. The molecule has 3 fully saturated rings. The quantitative estimate of drug-likeness (QED) is 0.113. The van der Waals surface area contributed by atoms with Crippen molar-refractivity contribution in [1.29, 1.82) is 0 Å². The maximum Gasteiger partial charge on any atom is 0.249 e. The Kier molecular flexibility index (Phi) is 11.9. The van der Waals surface area contributed by atoms with Crippen LogP contribution in [0.25, 0.3) is 0 Å². The Morgan fingerprint density at radius 2 is 1.45 bits per heavy atom. The third kappa shape index (κ3) is 7.06. The Morgan fingerprint density at radius 1 is 0.850 bits per heavy atom. The maximum atomic E-state index is 12.6. The molecular weight excluding hydrogens is 542 g/mol. The molecule has 2 unspecified atom stereocenters. The van der Waals surface area contributed by atoms with E-state index in [1.165, 1.54) is 0 Å². The zero-order valence-electron chi connectivity index (χ0n) is 21.7. The molecule has 40 heavy (non-hydrogen) atoms. The molecular formula is C22H43N5O13. The van der Waals surface area contributed by atoms with Gasteiger partial charge in [0.25, 0.3) is 0 Å². The number of aliphatic hydroxyl groups is 8. The molecule has 0 aromatic carbocycles. The number of amides is 1. The Morgan fingerprint density at radius 3 is 2.05 bits per heavy atom. The van der Waals surface area contributed by atoms with Crippen LogP contribution >= 0.6 is 0 Å². The van der Waals surface area contributed by atoms with Crippen molar-refractivity contribution >= 4 is 5.91 Å². The number of carbonyl (C=O) groups is 1. The predicted octanol–water partition coefficient (Wildman–Crippen LogP) is -8.42. The lowest BCUT2D eigenvalue weighted by atomic mass is 9.83. The van der Waals surface area contributed by atoms with Crippen LogP contribution in [0, 0.1) is 0 Å². The summed E-state index contributed by atoms with van der Waals surface area (Å²) in [4.78, 5) is 12.6. The Hall–Kier alpha value is -1.17. The summed E-state index contributed by atoms with van der Waals surface area (Å²) in [5.74, 6) is -0.845. The summed E-state index contributed by atoms with van der Waals surface area (Å²) in [6.07, 6.45) is -19.8. The van der Waals surface area contributed by atoms with Gasteiger partial charge in [-0.25, -0.2) is 0 Å². The first kappa shape index (κ1) is 33.3. The highest BCUT2D eigenvalue weighted by Crippen LogP contribution is 2.32. The second kappa shape index (κ2) is 14.3. The second-order valence-electron chi connectivity index (χ2n) is 10.3. The summed E-state index contributed by atoms with van der Waals surface area (Å²) >= 11 is 0. The molecule has 17 N–H and O–H groups in total. The van der Waals surface area contributed by atoms with Crippen LogP contribution < -0.4 is 28.3 Å². The smallest absolute Gasteiger partial charge is 0.249 e. The number of aliphatic hydroxyl groups excluding tert-OH is 8. The van der Waals surface area contributed by atoms with Crippen molar-refractivity contribution in [2.45, 2.75) is 111 Å². The van der Waals surface area contributed by atoms with Crippen molar-refractivity contribution in [1.82, 2.24) is 5.32 Å². The first-order chi connectivity index (χ1) is 18.9. The summed E-state index contributed by atoms with van der Waals surface area (Å²) in [5.41, 5.74) is 23.1. The highest BCUT2D eigenvalue weighted by molar-refractivity contribution is 5.80. The summed E-state index contributed by atoms with van der Waals surface area (Å²) < 4.78 is 22.5. The number of carbonyl (C=O) groups excluding carboxylic acids is 1. The molecule has 1 aliphatic carbocycles. The zero-order chi connectivity index (χ0) is 29.9. The lowest BCUT2D eigenvalue weighted by molar-refractivity contribution is -0.332. The minimum atomic E-state index is -1.76. The number of rotatable bonds is 10. The van der Waals surface area contributed by atoms with Crippen LogP contribution in [0.15, 0.2) is 0 Å². The van der Waals surface area contributed by atoms with E-state index in [1.54, 1.807) is 0 Å². The highest BCUT2D eigenvalue weighted by atomic mass is 16.7. The molecule has 234 valence electrons. The van der Waals surface area contributed by atoms with Crippen molar-refractivity contribution in [3.8, 4) is 0 Å². The minimum absolute atomic E-state index is 0.0101. The monoisotopic (exact) mass is 585 g/mol. The topological polar surface area (TPSA) is 332 Å². The predicted molar refractivity (Wildman–Crippen MR) is 131 cm³/mol. The third-order valence-electron chi connectivity index (χ3n) is 7.51. The van der Waals surface area contributed by atoms with Crippen LogP contribution in [-0.4, -0.2) is 164 Å². The zero-order valence-corrected chi connectivity index (χ0v) is 21.7.